The summed E-state index contributed by atoms with van der Waals surface area (Å²) in [6.45, 7) is 4.86. The molecule has 2 N–H and O–H groups in total. The third kappa shape index (κ3) is 4.09. The maximum Gasteiger partial charge on any atom is 0.0700 e. The number of methoxy groups -OCH3 is 1. The van der Waals surface area contributed by atoms with Crippen molar-refractivity contribution in [1.82, 2.24) is 0 Å². The van der Waals surface area contributed by atoms with Crippen molar-refractivity contribution in [3.63, 3.8) is 0 Å². The van der Waals surface area contributed by atoms with Gasteiger partial charge in [-0.3, -0.25) is 0 Å². The molecule has 0 fully saturated rings. The molecule has 0 aromatic heterocycles. The zero-order valence-corrected chi connectivity index (χ0v) is 11.5. The monoisotopic (exact) mass is 251 g/mol. The summed E-state index contributed by atoms with van der Waals surface area (Å²) in [5.41, 5.74) is 7.36. The van der Waals surface area contributed by atoms with Gasteiger partial charge >= 0.3 is 0 Å². The Morgan fingerprint density at radius 1 is 1.11 bits per heavy atom. The Morgan fingerprint density at radius 2 is 1.83 bits per heavy atom. The summed E-state index contributed by atoms with van der Waals surface area (Å²) in [6.07, 6.45) is 1.98. The van der Waals surface area contributed by atoms with Crippen LogP contribution >= 0.6 is 0 Å². The van der Waals surface area contributed by atoms with Gasteiger partial charge in [0.25, 0.3) is 0 Å². The van der Waals surface area contributed by atoms with E-state index < -0.39 is 0 Å². The van der Waals surface area contributed by atoms with E-state index in [1.807, 2.05) is 6.07 Å². The van der Waals surface area contributed by atoms with Crippen LogP contribution in [0, 0.1) is 0 Å². The molecule has 3 nitrogen and oxygen atoms in total. The van der Waals surface area contributed by atoms with Crippen molar-refractivity contribution in [2.24, 2.45) is 5.73 Å². The maximum absolute atomic E-state index is 6.01. The van der Waals surface area contributed by atoms with Crippen molar-refractivity contribution in [2.45, 2.75) is 25.2 Å². The average molecular weight is 251 g/mol. The first kappa shape index (κ1) is 15.2. The molecule has 0 saturated carbocycles. The molecule has 1 rings (SSSR count). The van der Waals surface area contributed by atoms with Gasteiger partial charge < -0.3 is 15.2 Å². The average Bonchev–Trinajstić information content (AvgIpc) is 2.44. The van der Waals surface area contributed by atoms with E-state index in [9.17, 15) is 0 Å². The zero-order chi connectivity index (χ0) is 13.3. The van der Waals surface area contributed by atoms with Crippen LogP contribution in [0.3, 0.4) is 0 Å². The molecule has 1 aromatic rings. The second kappa shape index (κ2) is 8.25. The smallest absolute Gasteiger partial charge is 0.0700 e. The second-order valence-electron chi connectivity index (χ2n) is 4.56. The summed E-state index contributed by atoms with van der Waals surface area (Å²) in [7, 11) is 1.68. The summed E-state index contributed by atoms with van der Waals surface area (Å²) in [5.74, 6) is 0. The lowest BCUT2D eigenvalue weighted by Crippen LogP contribution is -2.36. The van der Waals surface area contributed by atoms with Gasteiger partial charge in [-0.25, -0.2) is 0 Å². The first-order chi connectivity index (χ1) is 8.79. The number of hydrogen-bond donors (Lipinski definition) is 1. The molecule has 0 aliphatic carbocycles. The molecule has 0 saturated heterocycles. The van der Waals surface area contributed by atoms with E-state index in [0.29, 0.717) is 19.8 Å². The van der Waals surface area contributed by atoms with Gasteiger partial charge in [-0.15, -0.1) is 0 Å². The van der Waals surface area contributed by atoms with Gasteiger partial charge in [-0.2, -0.15) is 0 Å². The molecule has 0 spiro atoms. The van der Waals surface area contributed by atoms with Crippen LogP contribution in [0.2, 0.25) is 0 Å². The van der Waals surface area contributed by atoms with Crippen molar-refractivity contribution in [3.8, 4) is 0 Å². The predicted octanol–water partition coefficient (Wildman–Crippen LogP) is 2.35. The molecule has 0 aliphatic heterocycles. The first-order valence-corrected chi connectivity index (χ1v) is 6.61. The minimum atomic E-state index is 0.0360. The number of rotatable bonds is 9. The van der Waals surface area contributed by atoms with Gasteiger partial charge in [-0.1, -0.05) is 37.3 Å². The molecule has 0 amide bonds. The van der Waals surface area contributed by atoms with Crippen LogP contribution in [-0.4, -0.2) is 33.5 Å². The Balaban J connectivity index is 2.58. The summed E-state index contributed by atoms with van der Waals surface area (Å²) in [5, 5.41) is 0. The minimum Gasteiger partial charge on any atom is -0.382 e. The predicted molar refractivity (Wildman–Crippen MR) is 74.8 cm³/mol. The van der Waals surface area contributed by atoms with E-state index in [0.717, 1.165) is 19.4 Å². The van der Waals surface area contributed by atoms with Crippen molar-refractivity contribution in [3.05, 3.63) is 35.9 Å². The summed E-state index contributed by atoms with van der Waals surface area (Å²) in [6, 6.07) is 10.5. The standard InChI is InChI=1S/C15H25NO2/c1-3-15(13-16,9-10-18-12-11-17-2)14-7-5-4-6-8-14/h4-8H,3,9-13,16H2,1-2H3. The first-order valence-electron chi connectivity index (χ1n) is 6.61. The lowest BCUT2D eigenvalue weighted by atomic mass is 9.75. The molecular weight excluding hydrogens is 226 g/mol. The lowest BCUT2D eigenvalue weighted by molar-refractivity contribution is 0.0605. The highest BCUT2D eigenvalue weighted by Gasteiger charge is 2.28. The van der Waals surface area contributed by atoms with Crippen LogP contribution in [0.15, 0.2) is 30.3 Å². The Hall–Kier alpha value is -0.900. The quantitative estimate of drug-likeness (QED) is 0.685. The molecule has 1 unspecified atom stereocenters. The van der Waals surface area contributed by atoms with Crippen molar-refractivity contribution < 1.29 is 9.47 Å². The van der Waals surface area contributed by atoms with Crippen molar-refractivity contribution in [1.29, 1.82) is 0 Å². The molecule has 0 radical (unpaired) electrons. The maximum atomic E-state index is 6.01. The van der Waals surface area contributed by atoms with Crippen LogP contribution in [0.25, 0.3) is 0 Å². The fourth-order valence-electron chi connectivity index (χ4n) is 2.19. The Morgan fingerprint density at radius 3 is 2.39 bits per heavy atom. The van der Waals surface area contributed by atoms with Crippen LogP contribution < -0.4 is 5.73 Å². The Kier molecular flexibility index (Phi) is 6.94. The highest BCUT2D eigenvalue weighted by atomic mass is 16.5. The highest BCUT2D eigenvalue weighted by Crippen LogP contribution is 2.30. The fourth-order valence-corrected chi connectivity index (χ4v) is 2.19. The second-order valence-corrected chi connectivity index (χ2v) is 4.56. The molecular formula is C15H25NO2. The van der Waals surface area contributed by atoms with Crippen molar-refractivity contribution >= 4 is 0 Å². The van der Waals surface area contributed by atoms with Gasteiger partial charge in [-0.05, 0) is 18.4 Å². The number of hydrogen-bond acceptors (Lipinski definition) is 3. The summed E-state index contributed by atoms with van der Waals surface area (Å²) in [4.78, 5) is 0. The number of benzene rings is 1. The molecule has 3 heteroatoms. The van der Waals surface area contributed by atoms with E-state index in [1.54, 1.807) is 7.11 Å². The lowest BCUT2D eigenvalue weighted by Gasteiger charge is -2.32. The highest BCUT2D eigenvalue weighted by molar-refractivity contribution is 5.25. The van der Waals surface area contributed by atoms with E-state index in [1.165, 1.54) is 5.56 Å². The van der Waals surface area contributed by atoms with Crippen LogP contribution in [-0.2, 0) is 14.9 Å². The van der Waals surface area contributed by atoms with Crippen LogP contribution in [0.4, 0.5) is 0 Å². The van der Waals surface area contributed by atoms with Crippen molar-refractivity contribution in [2.75, 3.05) is 33.5 Å². The molecule has 18 heavy (non-hydrogen) atoms. The number of nitrogens with two attached hydrogens (primary N) is 1. The summed E-state index contributed by atoms with van der Waals surface area (Å²) < 4.78 is 10.5. The largest absolute Gasteiger partial charge is 0.382 e. The molecule has 1 aromatic carbocycles. The zero-order valence-electron chi connectivity index (χ0n) is 11.5. The molecule has 1 atom stereocenters. The molecule has 102 valence electrons. The van der Waals surface area contributed by atoms with Gasteiger partial charge in [0.1, 0.15) is 0 Å². The van der Waals surface area contributed by atoms with Gasteiger partial charge in [0.15, 0.2) is 0 Å². The Labute approximate surface area is 110 Å². The topological polar surface area (TPSA) is 44.5 Å². The molecule has 0 heterocycles. The molecule has 0 bridgehead atoms. The fraction of sp³-hybridized carbons (Fsp3) is 0.600. The number of ether oxygens (including phenoxy) is 2. The normalized spacial score (nSPS) is 14.4. The third-order valence-electron chi connectivity index (χ3n) is 3.61. The van der Waals surface area contributed by atoms with Crippen LogP contribution in [0.5, 0.6) is 0 Å². The molecule has 0 aliphatic rings. The van der Waals surface area contributed by atoms with E-state index in [-0.39, 0.29) is 5.41 Å². The third-order valence-corrected chi connectivity index (χ3v) is 3.61. The van der Waals surface area contributed by atoms with Crippen LogP contribution in [0.1, 0.15) is 25.3 Å². The van der Waals surface area contributed by atoms with E-state index in [4.69, 9.17) is 15.2 Å². The Bertz CT molecular complexity index is 310. The van der Waals surface area contributed by atoms with Gasteiger partial charge in [0.2, 0.25) is 0 Å². The summed E-state index contributed by atoms with van der Waals surface area (Å²) >= 11 is 0. The SMILES string of the molecule is CCC(CN)(CCOCCOC)c1ccccc1. The van der Waals surface area contributed by atoms with Gasteiger partial charge in [0, 0.05) is 25.7 Å². The van der Waals surface area contributed by atoms with E-state index in [2.05, 4.69) is 31.2 Å². The van der Waals surface area contributed by atoms with Gasteiger partial charge in [0.05, 0.1) is 13.2 Å². The van der Waals surface area contributed by atoms with E-state index >= 15 is 0 Å². The minimum absolute atomic E-state index is 0.0360.